The molecule has 0 rings (SSSR count). The van der Waals surface area contributed by atoms with E-state index in [0.717, 1.165) is 32.4 Å². The van der Waals surface area contributed by atoms with Crippen molar-refractivity contribution >= 4 is 5.91 Å². The van der Waals surface area contributed by atoms with Crippen molar-refractivity contribution in [2.45, 2.75) is 291 Å². The van der Waals surface area contributed by atoms with Gasteiger partial charge in [0.25, 0.3) is 0 Å². The molecule has 0 heterocycles. The monoisotopic (exact) mass is 761 g/mol. The Balaban J connectivity index is 4.69. The van der Waals surface area contributed by atoms with Crippen molar-refractivity contribution in [2.75, 3.05) is 27.2 Å². The predicted octanol–water partition coefficient (Wildman–Crippen LogP) is 17.0. The molecule has 0 fully saturated rings. The molecular weight excluding hydrogens is 657 g/mol. The van der Waals surface area contributed by atoms with Crippen molar-refractivity contribution in [1.29, 1.82) is 0 Å². The van der Waals surface area contributed by atoms with Gasteiger partial charge < -0.3 is 9.80 Å². The summed E-state index contributed by atoms with van der Waals surface area (Å²) < 4.78 is 0. The van der Waals surface area contributed by atoms with E-state index in [0.29, 0.717) is 11.9 Å². The Morgan fingerprint density at radius 3 is 0.926 bits per heavy atom. The summed E-state index contributed by atoms with van der Waals surface area (Å²) in [6, 6.07) is 0.443. The van der Waals surface area contributed by atoms with E-state index in [1.54, 1.807) is 0 Å². The largest absolute Gasteiger partial charge is 0.339 e. The van der Waals surface area contributed by atoms with Crippen LogP contribution in [-0.2, 0) is 4.79 Å². The van der Waals surface area contributed by atoms with E-state index < -0.39 is 0 Å². The quantitative estimate of drug-likeness (QED) is 0.0577. The highest BCUT2D eigenvalue weighted by Gasteiger charge is 2.28. The van der Waals surface area contributed by atoms with Gasteiger partial charge in [-0.1, -0.05) is 252 Å². The maximum atomic E-state index is 14.2. The zero-order valence-electron chi connectivity index (χ0n) is 38.7. The van der Waals surface area contributed by atoms with Crippen LogP contribution in [0.2, 0.25) is 0 Å². The van der Waals surface area contributed by atoms with E-state index in [1.807, 2.05) is 0 Å². The number of amides is 1. The molecule has 0 N–H and O–H groups in total. The van der Waals surface area contributed by atoms with Crippen LogP contribution in [-0.4, -0.2) is 48.9 Å². The van der Waals surface area contributed by atoms with Crippen molar-refractivity contribution in [1.82, 2.24) is 9.80 Å². The molecule has 0 spiro atoms. The molecule has 0 aromatic rings. The lowest BCUT2D eigenvalue weighted by Crippen LogP contribution is -2.45. The smallest absolute Gasteiger partial charge is 0.225 e. The predicted molar refractivity (Wildman–Crippen MR) is 245 cm³/mol. The van der Waals surface area contributed by atoms with Crippen LogP contribution < -0.4 is 0 Å². The van der Waals surface area contributed by atoms with Crippen molar-refractivity contribution in [3.05, 3.63) is 0 Å². The number of hydrogen-bond donors (Lipinski definition) is 0. The fraction of sp³-hybridized carbons (Fsp3) is 0.980. The average Bonchev–Trinajstić information content (AvgIpc) is 3.17. The van der Waals surface area contributed by atoms with Crippen LogP contribution in [0, 0.1) is 5.92 Å². The number of nitrogens with zero attached hydrogens (tertiary/aromatic N) is 2. The molecule has 1 unspecified atom stereocenters. The first-order chi connectivity index (χ1) is 26.5. The second kappa shape index (κ2) is 43.6. The van der Waals surface area contributed by atoms with Gasteiger partial charge in [0.2, 0.25) is 5.91 Å². The minimum Gasteiger partial charge on any atom is -0.339 e. The van der Waals surface area contributed by atoms with E-state index in [4.69, 9.17) is 0 Å². The third-order valence-electron chi connectivity index (χ3n) is 12.5. The van der Waals surface area contributed by atoms with Crippen LogP contribution in [0.1, 0.15) is 285 Å². The topological polar surface area (TPSA) is 23.6 Å². The van der Waals surface area contributed by atoms with Crippen LogP contribution in [0.25, 0.3) is 0 Å². The Hall–Kier alpha value is -0.570. The molecule has 0 aromatic heterocycles. The average molecular weight is 761 g/mol. The van der Waals surface area contributed by atoms with Gasteiger partial charge in [-0.15, -0.1) is 0 Å². The zero-order valence-corrected chi connectivity index (χ0v) is 38.7. The number of carbonyl (C=O) groups excluding carboxylic acids is 1. The van der Waals surface area contributed by atoms with Gasteiger partial charge in [-0.05, 0) is 52.7 Å². The van der Waals surface area contributed by atoms with Crippen molar-refractivity contribution in [3.63, 3.8) is 0 Å². The first-order valence-electron chi connectivity index (χ1n) is 25.5. The Morgan fingerprint density at radius 2 is 0.630 bits per heavy atom. The second-order valence-corrected chi connectivity index (χ2v) is 18.1. The van der Waals surface area contributed by atoms with Crippen LogP contribution in [0.15, 0.2) is 0 Å². The van der Waals surface area contributed by atoms with E-state index in [9.17, 15) is 4.79 Å². The van der Waals surface area contributed by atoms with Gasteiger partial charge >= 0.3 is 0 Å². The highest BCUT2D eigenvalue weighted by Crippen LogP contribution is 2.25. The van der Waals surface area contributed by atoms with Crippen LogP contribution in [0.3, 0.4) is 0 Å². The molecule has 1 amide bonds. The summed E-state index contributed by atoms with van der Waals surface area (Å²) in [6.07, 6.45) is 54.7. The molecule has 1 atom stereocenters. The summed E-state index contributed by atoms with van der Waals surface area (Å²) in [5.74, 6) is 0.709. The minimum atomic E-state index is 0.218. The van der Waals surface area contributed by atoms with Crippen LogP contribution in [0.5, 0.6) is 0 Å². The summed E-state index contributed by atoms with van der Waals surface area (Å²) in [7, 11) is 4.35. The normalized spacial score (nSPS) is 12.4. The van der Waals surface area contributed by atoms with Gasteiger partial charge in [0.15, 0.2) is 0 Å². The van der Waals surface area contributed by atoms with E-state index in [1.165, 1.54) is 238 Å². The minimum absolute atomic E-state index is 0.218. The van der Waals surface area contributed by atoms with Gasteiger partial charge in [0.1, 0.15) is 0 Å². The van der Waals surface area contributed by atoms with Crippen molar-refractivity contribution in [2.24, 2.45) is 5.92 Å². The maximum Gasteiger partial charge on any atom is 0.225 e. The molecular formula is C51H104N2O. The Labute approximate surface area is 343 Å². The molecule has 0 aliphatic carbocycles. The van der Waals surface area contributed by atoms with Gasteiger partial charge in [-0.25, -0.2) is 0 Å². The second-order valence-electron chi connectivity index (χ2n) is 18.1. The highest BCUT2D eigenvalue weighted by molar-refractivity contribution is 5.79. The van der Waals surface area contributed by atoms with Gasteiger partial charge in [0.05, 0.1) is 0 Å². The van der Waals surface area contributed by atoms with Gasteiger partial charge in [-0.3, -0.25) is 4.79 Å². The van der Waals surface area contributed by atoms with Crippen LogP contribution in [0.4, 0.5) is 0 Å². The summed E-state index contributed by atoms with van der Waals surface area (Å²) in [6.45, 7) is 11.2. The summed E-state index contributed by atoms with van der Waals surface area (Å²) in [5, 5.41) is 0. The third kappa shape index (κ3) is 35.8. The number of rotatable bonds is 45. The molecule has 324 valence electrons. The lowest BCUT2D eigenvalue weighted by atomic mass is 9.93. The molecule has 0 aliphatic heterocycles. The fourth-order valence-corrected chi connectivity index (χ4v) is 8.72. The van der Waals surface area contributed by atoms with Crippen molar-refractivity contribution in [3.8, 4) is 0 Å². The molecule has 0 bridgehead atoms. The maximum absolute atomic E-state index is 14.2. The molecule has 3 nitrogen and oxygen atoms in total. The number of hydrogen-bond acceptors (Lipinski definition) is 2. The van der Waals surface area contributed by atoms with E-state index in [2.05, 4.69) is 51.6 Å². The third-order valence-corrected chi connectivity index (χ3v) is 12.5. The molecule has 54 heavy (non-hydrogen) atoms. The summed E-state index contributed by atoms with van der Waals surface area (Å²) in [5.41, 5.74) is 0. The van der Waals surface area contributed by atoms with E-state index in [-0.39, 0.29) is 5.92 Å². The molecule has 3 heteroatoms. The standard InChI is InChI=1S/C51H104N2O/c1-7-11-14-16-18-20-22-24-26-28-30-32-34-36-38-41-45-50(53(48-43-47-52(5)6)51(54)49(10-4)44-40-13-9-3)46-42-39-37-35-33-31-29-27-25-23-21-19-17-15-12-8-2/h49-50H,7-48H2,1-6H3. The van der Waals surface area contributed by atoms with Gasteiger partial charge in [-0.2, -0.15) is 0 Å². The Kier molecular flexibility index (Phi) is 43.1. The lowest BCUT2D eigenvalue weighted by Gasteiger charge is -2.35. The first-order valence-corrected chi connectivity index (χ1v) is 25.5. The van der Waals surface area contributed by atoms with E-state index >= 15 is 0 Å². The first kappa shape index (κ1) is 53.4. The fourth-order valence-electron chi connectivity index (χ4n) is 8.72. The van der Waals surface area contributed by atoms with Crippen LogP contribution >= 0.6 is 0 Å². The molecule has 0 aliphatic rings. The number of unbranched alkanes of at least 4 members (excludes halogenated alkanes) is 32. The SMILES string of the molecule is CCCCCCCCCCCCCCCCCCC(CCCCCCCCCCCCCCCCCC)N(CCCN(C)C)C(=O)C(CC)CCCCC. The van der Waals surface area contributed by atoms with Crippen molar-refractivity contribution < 1.29 is 4.79 Å². The zero-order chi connectivity index (χ0) is 39.6. The Morgan fingerprint density at radius 1 is 0.352 bits per heavy atom. The number of carbonyl (C=O) groups is 1. The molecule has 0 aromatic carbocycles. The lowest BCUT2D eigenvalue weighted by molar-refractivity contribution is -0.139. The van der Waals surface area contributed by atoms with Gasteiger partial charge in [0, 0.05) is 18.5 Å². The molecule has 0 saturated carbocycles. The Bertz CT molecular complexity index is 686. The highest BCUT2D eigenvalue weighted by atomic mass is 16.2. The summed E-state index contributed by atoms with van der Waals surface area (Å²) in [4.78, 5) is 19.0. The molecule has 0 radical (unpaired) electrons. The molecule has 0 saturated heterocycles. The summed E-state index contributed by atoms with van der Waals surface area (Å²) >= 11 is 0.